The first-order chi connectivity index (χ1) is 15.5. The van der Waals surface area contributed by atoms with Crippen molar-refractivity contribution in [2.75, 3.05) is 17.2 Å². The number of ether oxygens (including phenoxy) is 1. The Hall–Kier alpha value is -3.14. The third-order valence-corrected chi connectivity index (χ3v) is 5.61. The molecule has 0 aliphatic rings. The van der Waals surface area contributed by atoms with Crippen LogP contribution < -0.4 is 26.4 Å². The van der Waals surface area contributed by atoms with Crippen LogP contribution in [0.4, 0.5) is 11.4 Å². The molecule has 3 amide bonds. The molecule has 0 saturated carbocycles. The highest BCUT2D eigenvalue weighted by molar-refractivity contribution is 7.09. The summed E-state index contributed by atoms with van der Waals surface area (Å²) in [5.41, 5.74) is 11.1. The maximum absolute atomic E-state index is 13.6. The van der Waals surface area contributed by atoms with Gasteiger partial charge in [0.1, 0.15) is 16.7 Å². The zero-order chi connectivity index (χ0) is 24.8. The number of unbranched alkanes of at least 4 members (excludes halogenated alkanes) is 1. The molecule has 10 heteroatoms. The van der Waals surface area contributed by atoms with Crippen LogP contribution in [-0.4, -0.2) is 40.3 Å². The van der Waals surface area contributed by atoms with E-state index in [9.17, 15) is 14.4 Å². The van der Waals surface area contributed by atoms with Gasteiger partial charge in [0.2, 0.25) is 5.91 Å². The number of nitrogen functional groups attached to an aromatic ring is 1. The van der Waals surface area contributed by atoms with Crippen LogP contribution in [0.25, 0.3) is 0 Å². The normalized spacial score (nSPS) is 12.2. The van der Waals surface area contributed by atoms with Crippen LogP contribution in [0.1, 0.15) is 74.0 Å². The average Bonchev–Trinajstić information content (AvgIpc) is 3.12. The summed E-state index contributed by atoms with van der Waals surface area (Å²) < 4.78 is 9.64. The van der Waals surface area contributed by atoms with E-state index in [1.807, 2.05) is 27.7 Å². The molecule has 5 N–H and O–H groups in total. The van der Waals surface area contributed by atoms with E-state index in [1.54, 1.807) is 24.3 Å². The Morgan fingerprint density at radius 3 is 2.30 bits per heavy atom. The quantitative estimate of drug-likeness (QED) is 0.450. The standard InChI is InChI=1S/C23H33N5O4S/c1-6-8-13-32-15-11-9-14(10-12-15)28(16(7-2)21(30)26-23(3,4)5)22(31)19-17(24)18(20(25)29)27-33-19/h9-12,16H,6-8,13,24H2,1-5H3,(H2,25,29)(H,26,30). The molecule has 33 heavy (non-hydrogen) atoms. The number of nitrogens with zero attached hydrogens (tertiary/aromatic N) is 2. The summed E-state index contributed by atoms with van der Waals surface area (Å²) in [7, 11) is 0. The number of anilines is 2. The molecule has 1 aromatic heterocycles. The number of rotatable bonds is 10. The third-order valence-electron chi connectivity index (χ3n) is 4.76. The van der Waals surface area contributed by atoms with Crippen LogP contribution in [-0.2, 0) is 4.79 Å². The predicted octanol–water partition coefficient (Wildman–Crippen LogP) is 3.34. The molecule has 2 aromatic rings. The van der Waals surface area contributed by atoms with Crippen LogP contribution in [0, 0.1) is 0 Å². The van der Waals surface area contributed by atoms with E-state index < -0.39 is 23.4 Å². The van der Waals surface area contributed by atoms with Crippen molar-refractivity contribution in [3.05, 3.63) is 34.8 Å². The highest BCUT2D eigenvalue weighted by atomic mass is 32.1. The number of aromatic nitrogens is 1. The van der Waals surface area contributed by atoms with Crippen molar-refractivity contribution in [3.63, 3.8) is 0 Å². The minimum Gasteiger partial charge on any atom is -0.494 e. The molecule has 0 saturated heterocycles. The molecule has 1 aromatic carbocycles. The van der Waals surface area contributed by atoms with Crippen molar-refractivity contribution in [1.82, 2.24) is 9.69 Å². The van der Waals surface area contributed by atoms with E-state index in [0.717, 1.165) is 24.4 Å². The first-order valence-electron chi connectivity index (χ1n) is 10.9. The summed E-state index contributed by atoms with van der Waals surface area (Å²) in [4.78, 5) is 39.8. The number of amides is 3. The lowest BCUT2D eigenvalue weighted by Gasteiger charge is -2.32. The number of carbonyl (C=O) groups is 3. The first-order valence-corrected chi connectivity index (χ1v) is 11.7. The van der Waals surface area contributed by atoms with Crippen LogP contribution in [0.3, 0.4) is 0 Å². The van der Waals surface area contributed by atoms with E-state index in [1.165, 1.54) is 4.90 Å². The summed E-state index contributed by atoms with van der Waals surface area (Å²) >= 11 is 0.782. The monoisotopic (exact) mass is 475 g/mol. The summed E-state index contributed by atoms with van der Waals surface area (Å²) in [5.74, 6) is -0.992. The fraction of sp³-hybridized carbons (Fsp3) is 0.478. The van der Waals surface area contributed by atoms with Gasteiger partial charge in [-0.2, -0.15) is 4.37 Å². The first kappa shape index (κ1) is 26.1. The summed E-state index contributed by atoms with van der Waals surface area (Å²) in [6.45, 7) is 10.1. The lowest BCUT2D eigenvalue weighted by atomic mass is 10.1. The summed E-state index contributed by atoms with van der Waals surface area (Å²) in [6.07, 6.45) is 2.30. The van der Waals surface area contributed by atoms with Gasteiger partial charge in [-0.15, -0.1) is 0 Å². The van der Waals surface area contributed by atoms with E-state index in [4.69, 9.17) is 16.2 Å². The van der Waals surface area contributed by atoms with Gasteiger partial charge in [-0.05, 0) is 69.4 Å². The Kier molecular flexibility index (Phi) is 8.81. The number of hydrogen-bond donors (Lipinski definition) is 3. The Labute approximate surface area is 198 Å². The highest BCUT2D eigenvalue weighted by Crippen LogP contribution is 2.29. The van der Waals surface area contributed by atoms with Gasteiger partial charge >= 0.3 is 0 Å². The van der Waals surface area contributed by atoms with Gasteiger partial charge in [0.05, 0.1) is 12.3 Å². The van der Waals surface area contributed by atoms with Crippen molar-refractivity contribution in [3.8, 4) is 5.75 Å². The Bertz CT molecular complexity index is 982. The van der Waals surface area contributed by atoms with Crippen LogP contribution >= 0.6 is 11.5 Å². The second-order valence-electron chi connectivity index (χ2n) is 8.67. The van der Waals surface area contributed by atoms with E-state index in [-0.39, 0.29) is 22.2 Å². The number of nitrogens with one attached hydrogen (secondary N) is 1. The largest absolute Gasteiger partial charge is 0.494 e. The molecule has 1 heterocycles. The maximum Gasteiger partial charge on any atom is 0.272 e. The molecular weight excluding hydrogens is 442 g/mol. The average molecular weight is 476 g/mol. The fourth-order valence-corrected chi connectivity index (χ4v) is 3.90. The molecule has 2 rings (SSSR count). The van der Waals surface area contributed by atoms with E-state index >= 15 is 0 Å². The second-order valence-corrected chi connectivity index (χ2v) is 9.45. The zero-order valence-electron chi connectivity index (χ0n) is 19.8. The van der Waals surface area contributed by atoms with Gasteiger partial charge in [0.25, 0.3) is 11.8 Å². The van der Waals surface area contributed by atoms with Crippen molar-refractivity contribution in [1.29, 1.82) is 0 Å². The Morgan fingerprint density at radius 2 is 1.82 bits per heavy atom. The Morgan fingerprint density at radius 1 is 1.18 bits per heavy atom. The number of hydrogen-bond acceptors (Lipinski definition) is 7. The maximum atomic E-state index is 13.6. The molecule has 1 unspecified atom stereocenters. The van der Waals surface area contributed by atoms with Gasteiger partial charge in [0.15, 0.2) is 5.69 Å². The molecule has 9 nitrogen and oxygen atoms in total. The zero-order valence-corrected chi connectivity index (χ0v) is 20.6. The van der Waals surface area contributed by atoms with Crippen molar-refractivity contribution < 1.29 is 19.1 Å². The number of primary amides is 1. The molecule has 1 atom stereocenters. The molecular formula is C23H33N5O4S. The summed E-state index contributed by atoms with van der Waals surface area (Å²) in [5, 5.41) is 2.94. The molecule has 0 radical (unpaired) electrons. The van der Waals surface area contributed by atoms with Gasteiger partial charge < -0.3 is 21.5 Å². The highest BCUT2D eigenvalue weighted by Gasteiger charge is 2.35. The molecule has 180 valence electrons. The fourth-order valence-electron chi connectivity index (χ4n) is 3.15. The van der Waals surface area contributed by atoms with Gasteiger partial charge in [0, 0.05) is 11.2 Å². The van der Waals surface area contributed by atoms with Gasteiger partial charge in [-0.25, -0.2) is 0 Å². The number of nitrogens with two attached hydrogens (primary N) is 2. The van der Waals surface area contributed by atoms with Crippen LogP contribution in [0.5, 0.6) is 5.75 Å². The smallest absolute Gasteiger partial charge is 0.272 e. The van der Waals surface area contributed by atoms with Gasteiger partial charge in [-0.3, -0.25) is 19.3 Å². The Balaban J connectivity index is 2.48. The second kappa shape index (κ2) is 11.1. The molecule has 0 aliphatic carbocycles. The van der Waals surface area contributed by atoms with Crippen molar-refractivity contribution in [2.45, 2.75) is 65.5 Å². The van der Waals surface area contributed by atoms with Crippen LogP contribution in [0.15, 0.2) is 24.3 Å². The number of benzene rings is 1. The van der Waals surface area contributed by atoms with Gasteiger partial charge in [-0.1, -0.05) is 20.3 Å². The van der Waals surface area contributed by atoms with Crippen molar-refractivity contribution >= 4 is 40.6 Å². The summed E-state index contributed by atoms with van der Waals surface area (Å²) in [6, 6.07) is 6.13. The lowest BCUT2D eigenvalue weighted by Crippen LogP contribution is -2.54. The van der Waals surface area contributed by atoms with Crippen molar-refractivity contribution in [2.24, 2.45) is 5.73 Å². The predicted molar refractivity (Wildman–Crippen MR) is 131 cm³/mol. The van der Waals surface area contributed by atoms with E-state index in [0.29, 0.717) is 24.5 Å². The molecule has 0 bridgehead atoms. The molecule has 0 aliphatic heterocycles. The SMILES string of the molecule is CCCCOc1ccc(N(C(=O)c2snc(C(N)=O)c2N)C(CC)C(=O)NC(C)(C)C)cc1. The minimum atomic E-state index is -0.819. The topological polar surface area (TPSA) is 141 Å². The van der Waals surface area contributed by atoms with Crippen LogP contribution in [0.2, 0.25) is 0 Å². The minimum absolute atomic E-state index is 0.0501. The third kappa shape index (κ3) is 6.67. The molecule has 0 fully saturated rings. The van der Waals surface area contributed by atoms with E-state index in [2.05, 4.69) is 16.6 Å². The lowest BCUT2D eigenvalue weighted by molar-refractivity contribution is -0.123. The molecule has 0 spiro atoms. The number of carbonyl (C=O) groups excluding carboxylic acids is 3.